The highest BCUT2D eigenvalue weighted by Gasteiger charge is 2.26. The van der Waals surface area contributed by atoms with Gasteiger partial charge in [-0.25, -0.2) is 14.4 Å². The van der Waals surface area contributed by atoms with Gasteiger partial charge < -0.3 is 14.2 Å². The van der Waals surface area contributed by atoms with E-state index in [1.165, 1.54) is 132 Å². The van der Waals surface area contributed by atoms with Crippen LogP contribution in [0.1, 0.15) is 228 Å². The minimum atomic E-state index is -1.46. The molecule has 0 spiro atoms. The van der Waals surface area contributed by atoms with Crippen molar-refractivity contribution in [3.63, 3.8) is 0 Å². The molecule has 69 heavy (non-hydrogen) atoms. The molecule has 0 saturated heterocycles. The zero-order valence-electron chi connectivity index (χ0n) is 42.5. The maximum Gasteiger partial charge on any atom is 0.350 e. The Hall–Kier alpha value is -3.12. The second-order valence-electron chi connectivity index (χ2n) is 17.5. The Labute approximate surface area is 424 Å². The number of nitrogens with zero attached hydrogens (tertiary/aromatic N) is 3. The Morgan fingerprint density at radius 1 is 0.319 bits per heavy atom. The topological polar surface area (TPSA) is 196 Å². The number of esters is 3. The number of ether oxygens (including phenoxy) is 3. The summed E-state index contributed by atoms with van der Waals surface area (Å²) in [5.74, 6) is -2.85. The van der Waals surface area contributed by atoms with Crippen molar-refractivity contribution >= 4 is 70.9 Å². The van der Waals surface area contributed by atoms with Crippen LogP contribution in [-0.2, 0) is 28.6 Å². The third kappa shape index (κ3) is 31.8. The van der Waals surface area contributed by atoms with Crippen molar-refractivity contribution in [1.29, 1.82) is 0 Å². The van der Waals surface area contributed by atoms with Crippen LogP contribution in [0.2, 0.25) is 0 Å². The second kappa shape index (κ2) is 43.7. The predicted octanol–water partition coefficient (Wildman–Crippen LogP) is 10.7. The molecule has 0 saturated carbocycles. The van der Waals surface area contributed by atoms with Gasteiger partial charge in [0.15, 0.2) is 0 Å². The number of rotatable bonds is 45. The van der Waals surface area contributed by atoms with Crippen LogP contribution in [0.4, 0.5) is 0 Å². The van der Waals surface area contributed by atoms with Crippen LogP contribution in [0.5, 0.6) is 0 Å². The summed E-state index contributed by atoms with van der Waals surface area (Å²) in [5, 5.41) is 0. The highest BCUT2D eigenvalue weighted by Crippen LogP contribution is 2.13. The first-order valence-corrected chi connectivity index (χ1v) is 29.8. The Kier molecular flexibility index (Phi) is 40.4. The van der Waals surface area contributed by atoms with Crippen molar-refractivity contribution in [2.75, 3.05) is 54.3 Å². The first-order valence-electron chi connectivity index (χ1n) is 26.3. The zero-order valence-corrected chi connectivity index (χ0v) is 45.0. The van der Waals surface area contributed by atoms with Crippen LogP contribution in [-0.4, -0.2) is 104 Å². The number of aromatic nitrogens is 3. The van der Waals surface area contributed by atoms with Crippen LogP contribution in [0.25, 0.3) is 0 Å². The van der Waals surface area contributed by atoms with E-state index < -0.39 is 34.8 Å². The molecule has 1 aromatic rings. The maximum absolute atomic E-state index is 13.6. The molecule has 0 radical (unpaired) electrons. The van der Waals surface area contributed by atoms with Gasteiger partial charge in [0.1, 0.15) is 0 Å². The lowest BCUT2D eigenvalue weighted by molar-refractivity contribution is -0.144. The molecular weight excluding hydrogens is 943 g/mol. The predicted molar refractivity (Wildman–Crippen MR) is 281 cm³/mol. The van der Waals surface area contributed by atoms with Gasteiger partial charge in [-0.1, -0.05) is 156 Å². The first kappa shape index (κ1) is 63.9. The lowest BCUT2D eigenvalue weighted by Gasteiger charge is -2.12. The minimum Gasteiger partial charge on any atom is -0.466 e. The van der Waals surface area contributed by atoms with Crippen LogP contribution in [0.3, 0.4) is 0 Å². The summed E-state index contributed by atoms with van der Waals surface area (Å²) in [6.45, 7) is 7.59. The molecule has 0 amide bonds. The first-order chi connectivity index (χ1) is 33.5. The molecule has 1 aromatic heterocycles. The molecule has 0 unspecified atom stereocenters. The number of carbonyl (C=O) groups excluding carboxylic acids is 6. The lowest BCUT2D eigenvalue weighted by atomic mass is 10.1. The summed E-state index contributed by atoms with van der Waals surface area (Å²) in [5.41, 5.74) is -4.39. The van der Waals surface area contributed by atoms with Crippen molar-refractivity contribution in [3.8, 4) is 0 Å². The third-order valence-corrected chi connectivity index (χ3v) is 14.4. The fraction of sp³-hybridized carbons (Fsp3) is 0.824. The van der Waals surface area contributed by atoms with Gasteiger partial charge in [0.05, 0.1) is 39.1 Å². The molecule has 1 heterocycles. The van der Waals surface area contributed by atoms with E-state index in [0.717, 1.165) is 57.8 Å². The zero-order chi connectivity index (χ0) is 50.7. The maximum atomic E-state index is 13.6. The van der Waals surface area contributed by atoms with Gasteiger partial charge in [-0.05, 0) is 19.3 Å². The third-order valence-electron chi connectivity index (χ3n) is 11.4. The van der Waals surface area contributed by atoms with Gasteiger partial charge in [-0.15, -0.1) is 0 Å². The molecule has 0 atom stereocenters. The largest absolute Gasteiger partial charge is 0.466 e. The molecule has 0 bridgehead atoms. The Morgan fingerprint density at radius 2 is 0.522 bits per heavy atom. The summed E-state index contributed by atoms with van der Waals surface area (Å²) in [6, 6.07) is 0. The summed E-state index contributed by atoms with van der Waals surface area (Å²) < 4.78 is 16.4. The number of unbranched alkanes of at least 4 members (excludes halogenated alkanes) is 21. The van der Waals surface area contributed by atoms with Crippen molar-refractivity contribution in [1.82, 2.24) is 13.7 Å². The second-order valence-corrected chi connectivity index (χ2v) is 21.1. The molecule has 0 aliphatic heterocycles. The van der Waals surface area contributed by atoms with Crippen LogP contribution < -0.4 is 17.1 Å². The van der Waals surface area contributed by atoms with Crippen LogP contribution >= 0.6 is 35.3 Å². The highest BCUT2D eigenvalue weighted by atomic mass is 32.2. The number of hydrogen-bond donors (Lipinski definition) is 0. The highest BCUT2D eigenvalue weighted by molar-refractivity contribution is 7.99. The Balaban J connectivity index is 2.80. The molecule has 0 N–H and O–H groups in total. The van der Waals surface area contributed by atoms with Crippen molar-refractivity contribution in [3.05, 3.63) is 31.5 Å². The quantitative estimate of drug-likeness (QED) is 0.0340. The van der Waals surface area contributed by atoms with Crippen molar-refractivity contribution < 1.29 is 43.0 Å². The number of hydrogen-bond acceptors (Lipinski definition) is 15. The summed E-state index contributed by atoms with van der Waals surface area (Å²) >= 11 is 3.70. The van der Waals surface area contributed by atoms with Gasteiger partial charge in [0, 0.05) is 53.8 Å². The van der Waals surface area contributed by atoms with E-state index in [1.807, 2.05) is 0 Å². The molecule has 0 fully saturated rings. The number of carbonyl (C=O) groups is 6. The van der Waals surface area contributed by atoms with E-state index in [9.17, 15) is 43.2 Å². The molecular formula is C51H87N3O12S3. The molecule has 18 heteroatoms. The Bertz CT molecular complexity index is 1550. The Morgan fingerprint density at radius 3 is 0.754 bits per heavy atom. The smallest absolute Gasteiger partial charge is 0.350 e. The van der Waals surface area contributed by atoms with Crippen LogP contribution in [0, 0.1) is 0 Å². The monoisotopic (exact) mass is 1030 g/mol. The van der Waals surface area contributed by atoms with E-state index >= 15 is 0 Å². The van der Waals surface area contributed by atoms with E-state index in [2.05, 4.69) is 20.8 Å². The van der Waals surface area contributed by atoms with Gasteiger partial charge in [-0.3, -0.25) is 28.8 Å². The van der Waals surface area contributed by atoms with Gasteiger partial charge in [-0.2, -0.15) is 49.0 Å². The molecule has 1 rings (SSSR count). The van der Waals surface area contributed by atoms with Gasteiger partial charge in [0.2, 0.25) is 17.7 Å². The SMILES string of the molecule is CCCCCCCCCCOC(=O)CCSCCC(=O)n1c(=O)n(C(=O)CCSCCC(=O)OCCCCCCCCCC)c(=O)n(C(=O)CCSCCC(=O)OCCCCCCCCCC)c1=O. The normalized spacial score (nSPS) is 11.2. The van der Waals surface area contributed by atoms with Crippen molar-refractivity contribution in [2.24, 2.45) is 0 Å². The number of thioether (sulfide) groups is 3. The summed E-state index contributed by atoms with van der Waals surface area (Å²) in [7, 11) is 0. The van der Waals surface area contributed by atoms with Gasteiger partial charge in [0.25, 0.3) is 0 Å². The minimum absolute atomic E-state index is 0.105. The van der Waals surface area contributed by atoms with Gasteiger partial charge >= 0.3 is 35.0 Å². The lowest BCUT2D eigenvalue weighted by Crippen LogP contribution is -2.59. The fourth-order valence-corrected chi connectivity index (χ4v) is 9.76. The molecule has 0 aliphatic rings. The average molecular weight is 1030 g/mol. The van der Waals surface area contributed by atoms with E-state index in [0.29, 0.717) is 37.1 Å². The molecule has 0 aliphatic carbocycles. The molecule has 15 nitrogen and oxygen atoms in total. The fourth-order valence-electron chi connectivity index (χ4n) is 7.25. The van der Waals surface area contributed by atoms with E-state index in [1.54, 1.807) is 0 Å². The summed E-state index contributed by atoms with van der Waals surface area (Å²) in [6.07, 6.45) is 26.3. The standard InChI is InChI=1S/C51H87N3O12S3/c1-4-7-10-13-16-19-22-25-34-64-46(58)31-40-67-37-28-43(55)52-49(61)53(44(56)29-38-68-41-32-47(59)65-35-26-23-20-17-14-11-8-5-2)51(63)54(50(52)62)45(57)30-39-69-42-33-48(60)66-36-27-24-21-18-15-12-9-6-3/h4-42H2,1-3H3. The average Bonchev–Trinajstić information content (AvgIpc) is 3.32. The molecule has 396 valence electrons. The molecule has 0 aromatic carbocycles. The van der Waals surface area contributed by atoms with Crippen molar-refractivity contribution in [2.45, 2.75) is 213 Å². The summed E-state index contributed by atoms with van der Waals surface area (Å²) in [4.78, 5) is 118. The van der Waals surface area contributed by atoms with E-state index in [4.69, 9.17) is 14.2 Å². The van der Waals surface area contributed by atoms with E-state index in [-0.39, 0.29) is 87.4 Å². The van der Waals surface area contributed by atoms with Crippen LogP contribution in [0.15, 0.2) is 14.4 Å².